The van der Waals surface area contributed by atoms with Gasteiger partial charge in [-0.25, -0.2) is 8.42 Å². The van der Waals surface area contributed by atoms with E-state index < -0.39 is 10.0 Å². The molecule has 0 bridgehead atoms. The Morgan fingerprint density at radius 2 is 1.67 bits per heavy atom. The zero-order valence-corrected chi connectivity index (χ0v) is 19.5. The Morgan fingerprint density at radius 3 is 2.30 bits per heavy atom. The van der Waals surface area contributed by atoms with Crippen molar-refractivity contribution < 1.29 is 51.3 Å². The van der Waals surface area contributed by atoms with Gasteiger partial charge in [0.25, 0.3) is 0 Å². The van der Waals surface area contributed by atoms with Crippen molar-refractivity contribution >= 4 is 27.6 Å². The second-order valence-electron chi connectivity index (χ2n) is 6.23. The molecule has 3 aromatic rings. The molecular weight excluding hydrogens is 500 g/mol. The molecule has 0 saturated carbocycles. The van der Waals surface area contributed by atoms with Crippen LogP contribution in [-0.2, 0) is 27.1 Å². The number of para-hydroxylation sites is 2. The van der Waals surface area contributed by atoms with Gasteiger partial charge >= 0.3 is 17.1 Å². The molecule has 3 rings (SSSR count). The molecule has 0 aliphatic heterocycles. The Morgan fingerprint density at radius 1 is 1.03 bits per heavy atom. The minimum absolute atomic E-state index is 0. The first-order valence-electron chi connectivity index (χ1n) is 9.22. The Balaban J connectivity index is 0.00000249. The average Bonchev–Trinajstić information content (AvgIpc) is 2.77. The van der Waals surface area contributed by atoms with Crippen molar-refractivity contribution in [3.63, 3.8) is 0 Å². The summed E-state index contributed by atoms with van der Waals surface area (Å²) in [5.41, 5.74) is 1.82. The molecule has 0 saturated heterocycles. The van der Waals surface area contributed by atoms with Crippen LogP contribution in [0.3, 0.4) is 0 Å². The van der Waals surface area contributed by atoms with E-state index in [0.29, 0.717) is 17.9 Å². The third-order valence-corrected chi connectivity index (χ3v) is 5.38. The zero-order chi connectivity index (χ0) is 22.9. The van der Waals surface area contributed by atoms with Crippen molar-refractivity contribution in [3.8, 4) is 11.5 Å². The van der Waals surface area contributed by atoms with Crippen LogP contribution >= 0.6 is 0 Å². The Bertz CT molecular complexity index is 1140. The summed E-state index contributed by atoms with van der Waals surface area (Å²) in [6, 6.07) is 18.0. The first kappa shape index (κ1) is 30.1. The van der Waals surface area contributed by atoms with Crippen LogP contribution in [0.5, 0.6) is 11.5 Å². The fourth-order valence-corrected chi connectivity index (χ4v) is 3.58. The maximum atomic E-state index is 12.6. The average molecular weight is 524 g/mol. The van der Waals surface area contributed by atoms with Crippen LogP contribution < -0.4 is 15.1 Å². The van der Waals surface area contributed by atoms with Gasteiger partial charge in [0.1, 0.15) is 15.8 Å². The first-order chi connectivity index (χ1) is 14.9. The molecule has 11 heteroatoms. The molecule has 4 N–H and O–H groups in total. The topological polar surface area (TPSA) is 170 Å². The van der Waals surface area contributed by atoms with Gasteiger partial charge in [0.2, 0.25) is 0 Å². The summed E-state index contributed by atoms with van der Waals surface area (Å²) in [7, 11) is -3.89. The SMILES string of the molecule is CCOc1cccc(C=Nc2ccccc2[N-]S(=O)(=O)c2ccc(C)cc2)c1[O-].O.[Cu+2].[O-][OH2+]. The van der Waals surface area contributed by atoms with Crippen LogP contribution in [0.2, 0.25) is 0 Å². The Labute approximate surface area is 203 Å². The number of rotatable bonds is 7. The van der Waals surface area contributed by atoms with E-state index in [1.807, 2.05) is 6.92 Å². The molecule has 0 atom stereocenters. The minimum Gasteiger partial charge on any atom is -0.870 e. The molecule has 0 unspecified atom stereocenters. The van der Waals surface area contributed by atoms with Crippen LogP contribution in [0.25, 0.3) is 4.72 Å². The molecule has 0 aliphatic rings. The number of benzene rings is 3. The zero-order valence-electron chi connectivity index (χ0n) is 17.8. The van der Waals surface area contributed by atoms with Crippen LogP contribution in [0, 0.1) is 6.92 Å². The molecule has 181 valence electrons. The molecule has 0 aliphatic carbocycles. The molecular formula is C22H24CuN2O7S. The summed E-state index contributed by atoms with van der Waals surface area (Å²) in [5, 5.41) is 24.4. The third kappa shape index (κ3) is 8.17. The molecule has 9 nitrogen and oxygen atoms in total. The summed E-state index contributed by atoms with van der Waals surface area (Å²) in [5.74, 6) is -0.0313. The summed E-state index contributed by atoms with van der Waals surface area (Å²) in [4.78, 5) is 4.40. The van der Waals surface area contributed by atoms with Gasteiger partial charge in [0.15, 0.2) is 0 Å². The van der Waals surface area contributed by atoms with Crippen LogP contribution in [0.1, 0.15) is 18.1 Å². The number of hydrogen-bond donors (Lipinski definition) is 0. The second kappa shape index (κ2) is 14.3. The summed E-state index contributed by atoms with van der Waals surface area (Å²) < 4.78 is 34.5. The fourth-order valence-electron chi connectivity index (χ4n) is 2.59. The maximum Gasteiger partial charge on any atom is 2.00 e. The summed E-state index contributed by atoms with van der Waals surface area (Å²) in [6.45, 7) is 4.06. The number of nitrogens with zero attached hydrogens (tertiary/aromatic N) is 2. The molecule has 0 spiro atoms. The van der Waals surface area contributed by atoms with Gasteiger partial charge in [-0.05, 0) is 43.7 Å². The van der Waals surface area contributed by atoms with E-state index in [1.54, 1.807) is 61.5 Å². The van der Waals surface area contributed by atoms with Gasteiger partial charge in [-0.2, -0.15) is 0 Å². The van der Waals surface area contributed by atoms with E-state index in [-0.39, 0.29) is 44.6 Å². The number of aliphatic imine (C=N–C) groups is 1. The van der Waals surface area contributed by atoms with Crippen LogP contribution in [0.4, 0.5) is 11.4 Å². The standard InChI is InChI=1S/C22H21N2O4S.Cu.H2O2.H2O/c1-3-28-21-10-6-7-17(22(21)25)15-23-19-8-4-5-9-20(19)24-29(26,27)18-13-11-16(2)12-14-18;;1-2;/h4-15H,3H2,1-2H3,(H,23,25);;1H2;1H2/q-1;+2;;/p-1. The normalized spacial score (nSPS) is 10.3. The van der Waals surface area contributed by atoms with E-state index >= 15 is 0 Å². The van der Waals surface area contributed by atoms with Gasteiger partial charge in [-0.3, -0.25) is 4.99 Å². The van der Waals surface area contributed by atoms with Crippen LogP contribution in [0.15, 0.2) is 76.6 Å². The number of hydrogen-bond acceptors (Lipinski definition) is 6. The molecule has 0 amide bonds. The Kier molecular flexibility index (Phi) is 13.0. The molecule has 1 radical (unpaired) electrons. The smallest absolute Gasteiger partial charge is 0.870 e. The van der Waals surface area contributed by atoms with E-state index in [1.165, 1.54) is 18.3 Å². The molecule has 0 aromatic heterocycles. The summed E-state index contributed by atoms with van der Waals surface area (Å²) >= 11 is 0. The van der Waals surface area contributed by atoms with Crippen molar-refractivity contribution in [2.45, 2.75) is 18.7 Å². The van der Waals surface area contributed by atoms with E-state index in [2.05, 4.69) is 15.0 Å². The van der Waals surface area contributed by atoms with Crippen LogP contribution in [-0.4, -0.2) is 32.0 Å². The number of sulfonamides is 1. The van der Waals surface area contributed by atoms with Crippen molar-refractivity contribution in [3.05, 3.63) is 82.6 Å². The molecule has 33 heavy (non-hydrogen) atoms. The molecule has 0 fully saturated rings. The predicted molar refractivity (Wildman–Crippen MR) is 119 cm³/mol. The van der Waals surface area contributed by atoms with E-state index in [4.69, 9.17) is 9.99 Å². The number of aryl methyl sites for hydroxylation is 1. The van der Waals surface area contributed by atoms with Crippen molar-refractivity contribution in [1.82, 2.24) is 0 Å². The van der Waals surface area contributed by atoms with Gasteiger partial charge in [0, 0.05) is 11.9 Å². The van der Waals surface area contributed by atoms with E-state index in [9.17, 15) is 13.5 Å². The van der Waals surface area contributed by atoms with Gasteiger partial charge in [-0.15, -0.1) is 5.69 Å². The first-order valence-corrected chi connectivity index (χ1v) is 10.7. The maximum absolute atomic E-state index is 12.6. The van der Waals surface area contributed by atoms with Gasteiger partial charge in [0.05, 0.1) is 11.5 Å². The van der Waals surface area contributed by atoms with Gasteiger partial charge in [-0.1, -0.05) is 53.8 Å². The van der Waals surface area contributed by atoms with Gasteiger partial charge < -0.3 is 30.6 Å². The van der Waals surface area contributed by atoms with E-state index in [0.717, 1.165) is 5.56 Å². The molecule has 3 aromatic carbocycles. The Hall–Kier alpha value is -2.92. The number of ether oxygens (including phenoxy) is 1. The van der Waals surface area contributed by atoms with Crippen molar-refractivity contribution in [2.75, 3.05) is 6.61 Å². The van der Waals surface area contributed by atoms with Crippen molar-refractivity contribution in [2.24, 2.45) is 4.99 Å². The molecule has 0 heterocycles. The largest absolute Gasteiger partial charge is 2.00 e. The van der Waals surface area contributed by atoms with Crippen molar-refractivity contribution in [1.29, 1.82) is 0 Å². The fraction of sp³-hybridized carbons (Fsp3) is 0.136. The summed E-state index contributed by atoms with van der Waals surface area (Å²) in [6.07, 6.45) is 1.39. The third-order valence-electron chi connectivity index (χ3n) is 4.07. The monoisotopic (exact) mass is 523 g/mol. The minimum atomic E-state index is -3.89. The predicted octanol–water partition coefficient (Wildman–Crippen LogP) is 1.77. The quantitative estimate of drug-likeness (QED) is 0.151. The second-order valence-corrected chi connectivity index (χ2v) is 7.84.